The van der Waals surface area contributed by atoms with E-state index in [2.05, 4.69) is 20.8 Å². The molecule has 2 nitrogen and oxygen atoms in total. The van der Waals surface area contributed by atoms with Crippen LogP contribution in [0, 0.1) is 12.3 Å². The molecule has 90 valence electrons. The summed E-state index contributed by atoms with van der Waals surface area (Å²) < 4.78 is 12.1. The Kier molecular flexibility index (Phi) is 4.14. The molecule has 1 unspecified atom stereocenters. The normalized spacial score (nSPS) is 13.8. The highest BCUT2D eigenvalue weighted by atomic mass is 32.2. The Morgan fingerprint density at radius 3 is 2.50 bits per heavy atom. The maximum Gasteiger partial charge on any atom is 0.0533 e. The Morgan fingerprint density at radius 2 is 1.94 bits per heavy atom. The minimum atomic E-state index is -0.932. The van der Waals surface area contributed by atoms with E-state index in [1.165, 1.54) is 0 Å². The molecule has 0 aromatic heterocycles. The summed E-state index contributed by atoms with van der Waals surface area (Å²) in [6.45, 7) is 8.47. The molecule has 0 aliphatic rings. The van der Waals surface area contributed by atoms with Gasteiger partial charge in [-0.3, -0.25) is 4.21 Å². The molecule has 1 aromatic rings. The van der Waals surface area contributed by atoms with Crippen molar-refractivity contribution >= 4 is 16.5 Å². The van der Waals surface area contributed by atoms with Crippen LogP contribution < -0.4 is 5.73 Å². The van der Waals surface area contributed by atoms with Gasteiger partial charge >= 0.3 is 0 Å². The fourth-order valence-electron chi connectivity index (χ4n) is 1.37. The Hall–Kier alpha value is -0.830. The first-order chi connectivity index (χ1) is 7.29. The molecule has 2 N–H and O–H groups in total. The fraction of sp³-hybridized carbons (Fsp3) is 0.538. The molecule has 0 spiro atoms. The number of anilines is 1. The smallest absolute Gasteiger partial charge is 0.0533 e. The largest absolute Gasteiger partial charge is 0.399 e. The molecule has 0 heterocycles. The Balaban J connectivity index is 2.77. The summed E-state index contributed by atoms with van der Waals surface area (Å²) in [4.78, 5) is 0.879. The Bertz CT molecular complexity index is 393. The number of benzene rings is 1. The van der Waals surface area contributed by atoms with E-state index in [-0.39, 0.29) is 5.41 Å². The predicted molar refractivity (Wildman–Crippen MR) is 70.9 cm³/mol. The minimum absolute atomic E-state index is 0.226. The zero-order valence-corrected chi connectivity index (χ0v) is 11.4. The van der Waals surface area contributed by atoms with Gasteiger partial charge in [-0.25, -0.2) is 0 Å². The van der Waals surface area contributed by atoms with E-state index in [9.17, 15) is 4.21 Å². The minimum Gasteiger partial charge on any atom is -0.399 e. The van der Waals surface area contributed by atoms with Gasteiger partial charge in [0.1, 0.15) is 0 Å². The van der Waals surface area contributed by atoms with E-state index >= 15 is 0 Å². The Morgan fingerprint density at radius 1 is 1.31 bits per heavy atom. The molecule has 0 aliphatic carbocycles. The van der Waals surface area contributed by atoms with Crippen molar-refractivity contribution in [2.45, 2.75) is 39.0 Å². The Labute approximate surface area is 101 Å². The number of rotatable bonds is 3. The topological polar surface area (TPSA) is 43.1 Å². The van der Waals surface area contributed by atoms with E-state index in [1.54, 1.807) is 0 Å². The van der Waals surface area contributed by atoms with E-state index in [0.29, 0.717) is 11.4 Å². The van der Waals surface area contributed by atoms with Gasteiger partial charge in [-0.1, -0.05) is 26.8 Å². The van der Waals surface area contributed by atoms with E-state index in [1.807, 2.05) is 25.1 Å². The lowest BCUT2D eigenvalue weighted by Crippen LogP contribution is -2.11. The molecule has 0 saturated heterocycles. The van der Waals surface area contributed by atoms with Crippen molar-refractivity contribution in [3.63, 3.8) is 0 Å². The van der Waals surface area contributed by atoms with Crippen LogP contribution in [0.2, 0.25) is 0 Å². The van der Waals surface area contributed by atoms with Crippen molar-refractivity contribution in [3.8, 4) is 0 Å². The third-order valence-electron chi connectivity index (χ3n) is 2.49. The summed E-state index contributed by atoms with van der Waals surface area (Å²) in [5.41, 5.74) is 7.68. The maximum absolute atomic E-state index is 12.1. The van der Waals surface area contributed by atoms with Crippen LogP contribution in [0.1, 0.15) is 32.8 Å². The van der Waals surface area contributed by atoms with Crippen LogP contribution in [-0.2, 0) is 10.8 Å². The molecule has 3 heteroatoms. The van der Waals surface area contributed by atoms with Crippen LogP contribution in [0.3, 0.4) is 0 Å². The van der Waals surface area contributed by atoms with Gasteiger partial charge in [-0.15, -0.1) is 0 Å². The zero-order valence-electron chi connectivity index (χ0n) is 10.5. The van der Waals surface area contributed by atoms with Gasteiger partial charge in [-0.2, -0.15) is 0 Å². The number of hydrogen-bond donors (Lipinski definition) is 1. The molecule has 1 aromatic carbocycles. The lowest BCUT2D eigenvalue weighted by molar-refractivity contribution is 0.400. The SMILES string of the molecule is Cc1ccc(N)cc1S(=O)CCC(C)(C)C. The molecule has 0 fully saturated rings. The third kappa shape index (κ3) is 3.97. The second-order valence-electron chi connectivity index (χ2n) is 5.39. The van der Waals surface area contributed by atoms with Gasteiger partial charge in [0.25, 0.3) is 0 Å². The summed E-state index contributed by atoms with van der Waals surface area (Å²) in [5.74, 6) is 0.702. The van der Waals surface area contributed by atoms with Gasteiger partial charge in [-0.05, 0) is 36.5 Å². The summed E-state index contributed by atoms with van der Waals surface area (Å²) in [6, 6.07) is 5.60. The summed E-state index contributed by atoms with van der Waals surface area (Å²) >= 11 is 0. The van der Waals surface area contributed by atoms with Gasteiger partial charge in [0.05, 0.1) is 10.8 Å². The lowest BCUT2D eigenvalue weighted by atomic mass is 9.94. The number of hydrogen-bond acceptors (Lipinski definition) is 2. The fourth-order valence-corrected chi connectivity index (χ4v) is 3.08. The van der Waals surface area contributed by atoms with E-state index in [0.717, 1.165) is 16.9 Å². The molecule has 16 heavy (non-hydrogen) atoms. The predicted octanol–water partition coefficient (Wildman–Crippen LogP) is 3.12. The molecule has 1 atom stereocenters. The first-order valence-electron chi connectivity index (χ1n) is 5.54. The average Bonchev–Trinajstić information content (AvgIpc) is 2.17. The van der Waals surface area contributed by atoms with Crippen LogP contribution >= 0.6 is 0 Å². The first-order valence-corrected chi connectivity index (χ1v) is 6.86. The first kappa shape index (κ1) is 13.2. The molecule has 0 bridgehead atoms. The van der Waals surface area contributed by atoms with Crippen molar-refractivity contribution in [1.29, 1.82) is 0 Å². The second kappa shape index (κ2) is 5.00. The molecule has 0 aliphatic heterocycles. The highest BCUT2D eigenvalue weighted by Gasteiger charge is 2.14. The molecular weight excluding hydrogens is 218 g/mol. The van der Waals surface area contributed by atoms with E-state index in [4.69, 9.17) is 5.73 Å². The number of nitrogens with two attached hydrogens (primary N) is 1. The van der Waals surface area contributed by atoms with Crippen LogP contribution in [0.4, 0.5) is 5.69 Å². The van der Waals surface area contributed by atoms with Crippen LogP contribution in [0.25, 0.3) is 0 Å². The molecule has 0 amide bonds. The van der Waals surface area contributed by atoms with Gasteiger partial charge < -0.3 is 5.73 Å². The molecular formula is C13H21NOS. The quantitative estimate of drug-likeness (QED) is 0.824. The average molecular weight is 239 g/mol. The third-order valence-corrected chi connectivity index (χ3v) is 4.00. The van der Waals surface area contributed by atoms with Crippen molar-refractivity contribution in [3.05, 3.63) is 23.8 Å². The second-order valence-corrected chi connectivity index (χ2v) is 6.92. The number of nitrogen functional groups attached to an aromatic ring is 1. The van der Waals surface area contributed by atoms with E-state index < -0.39 is 10.8 Å². The van der Waals surface area contributed by atoms with Gasteiger partial charge in [0, 0.05) is 16.3 Å². The zero-order chi connectivity index (χ0) is 12.3. The summed E-state index contributed by atoms with van der Waals surface area (Å²) in [6.07, 6.45) is 0.952. The van der Waals surface area contributed by atoms with Crippen LogP contribution in [-0.4, -0.2) is 9.96 Å². The van der Waals surface area contributed by atoms with Crippen LogP contribution in [0.5, 0.6) is 0 Å². The lowest BCUT2D eigenvalue weighted by Gasteiger charge is -2.17. The van der Waals surface area contributed by atoms with Crippen LogP contribution in [0.15, 0.2) is 23.1 Å². The monoisotopic (exact) mass is 239 g/mol. The standard InChI is InChI=1S/C13H21NOS/c1-10-5-6-11(14)9-12(10)16(15)8-7-13(2,3)4/h5-6,9H,7-8,14H2,1-4H3. The van der Waals surface area contributed by atoms with Crippen molar-refractivity contribution in [2.75, 3.05) is 11.5 Å². The number of aryl methyl sites for hydroxylation is 1. The van der Waals surface area contributed by atoms with Gasteiger partial charge in [0.15, 0.2) is 0 Å². The molecule has 0 radical (unpaired) electrons. The highest BCUT2D eigenvalue weighted by Crippen LogP contribution is 2.22. The van der Waals surface area contributed by atoms with Crippen molar-refractivity contribution in [1.82, 2.24) is 0 Å². The molecule has 1 rings (SSSR count). The van der Waals surface area contributed by atoms with Crippen molar-refractivity contribution < 1.29 is 4.21 Å². The highest BCUT2D eigenvalue weighted by molar-refractivity contribution is 7.85. The van der Waals surface area contributed by atoms with Crippen molar-refractivity contribution in [2.24, 2.45) is 5.41 Å². The molecule has 0 saturated carbocycles. The maximum atomic E-state index is 12.1. The van der Waals surface area contributed by atoms with Gasteiger partial charge in [0.2, 0.25) is 0 Å². The summed E-state index contributed by atoms with van der Waals surface area (Å²) in [5, 5.41) is 0. The summed E-state index contributed by atoms with van der Waals surface area (Å²) in [7, 11) is -0.932.